The molecule has 0 N–H and O–H groups in total. The lowest BCUT2D eigenvalue weighted by atomic mass is 10.1. The number of unbranched alkanes of at least 4 members (excludes halogenated alkanes) is 1. The average molecular weight is 210 g/mol. The Balaban J connectivity index is 2.27. The molecule has 0 amide bonds. The summed E-state index contributed by atoms with van der Waals surface area (Å²) < 4.78 is 0. The van der Waals surface area contributed by atoms with Gasteiger partial charge in [0.05, 0.1) is 0 Å². The molecule has 0 aromatic carbocycles. The number of rotatable bonds is 6. The molecule has 0 heterocycles. The molecule has 0 nitrogen and oxygen atoms in total. The molecule has 80 valence electrons. The van der Waals surface area contributed by atoms with Crippen LogP contribution in [0.25, 0.3) is 0 Å². The first kappa shape index (κ1) is 11.9. The molecule has 0 spiro atoms. The van der Waals surface area contributed by atoms with Crippen molar-refractivity contribution in [1.29, 1.82) is 0 Å². The second-order valence-electron chi connectivity index (χ2n) is 3.95. The standard InChI is InChI=1S/C13H22S/c1-3-5-9-12(4-2)14-13-10-7-6-8-11-13/h4,7,10,12-13H,2-3,5-6,8-9,11H2,1H3. The summed E-state index contributed by atoms with van der Waals surface area (Å²) in [5.41, 5.74) is 0. The van der Waals surface area contributed by atoms with Crippen LogP contribution in [0, 0.1) is 0 Å². The third-order valence-electron chi connectivity index (χ3n) is 2.66. The van der Waals surface area contributed by atoms with E-state index in [4.69, 9.17) is 0 Å². The van der Waals surface area contributed by atoms with Gasteiger partial charge in [0.1, 0.15) is 0 Å². The van der Waals surface area contributed by atoms with Crippen molar-refractivity contribution in [1.82, 2.24) is 0 Å². The van der Waals surface area contributed by atoms with Crippen molar-refractivity contribution in [3.05, 3.63) is 24.8 Å². The van der Waals surface area contributed by atoms with Crippen LogP contribution in [0.2, 0.25) is 0 Å². The highest BCUT2D eigenvalue weighted by atomic mass is 32.2. The fourth-order valence-electron chi connectivity index (χ4n) is 1.77. The maximum Gasteiger partial charge on any atom is 0.0233 e. The second-order valence-corrected chi connectivity index (χ2v) is 5.43. The maximum atomic E-state index is 3.93. The van der Waals surface area contributed by atoms with Crippen molar-refractivity contribution in [2.45, 2.75) is 55.9 Å². The monoisotopic (exact) mass is 210 g/mol. The van der Waals surface area contributed by atoms with E-state index in [2.05, 4.69) is 43.5 Å². The highest BCUT2D eigenvalue weighted by molar-refractivity contribution is 8.00. The molecule has 0 saturated heterocycles. The Bertz CT molecular complexity index is 184. The molecule has 1 heteroatoms. The van der Waals surface area contributed by atoms with Crippen molar-refractivity contribution in [3.8, 4) is 0 Å². The molecule has 14 heavy (non-hydrogen) atoms. The smallest absolute Gasteiger partial charge is 0.0233 e. The molecule has 0 aliphatic heterocycles. The van der Waals surface area contributed by atoms with Gasteiger partial charge in [-0.05, 0) is 25.7 Å². The summed E-state index contributed by atoms with van der Waals surface area (Å²) in [4.78, 5) is 0. The van der Waals surface area contributed by atoms with Crippen LogP contribution >= 0.6 is 11.8 Å². The third-order valence-corrected chi connectivity index (χ3v) is 4.18. The van der Waals surface area contributed by atoms with E-state index in [0.717, 1.165) is 5.25 Å². The Morgan fingerprint density at radius 1 is 1.64 bits per heavy atom. The lowest BCUT2D eigenvalue weighted by molar-refractivity contribution is 0.720. The van der Waals surface area contributed by atoms with Crippen LogP contribution in [0.4, 0.5) is 0 Å². The second kappa shape index (κ2) is 7.17. The van der Waals surface area contributed by atoms with Crippen molar-refractivity contribution in [2.75, 3.05) is 0 Å². The first-order chi connectivity index (χ1) is 6.86. The summed E-state index contributed by atoms with van der Waals surface area (Å²) in [6.07, 6.45) is 14.8. The van der Waals surface area contributed by atoms with E-state index in [1.165, 1.54) is 38.5 Å². The van der Waals surface area contributed by atoms with E-state index in [0.29, 0.717) is 5.25 Å². The van der Waals surface area contributed by atoms with Gasteiger partial charge in [-0.2, -0.15) is 0 Å². The van der Waals surface area contributed by atoms with E-state index in [1.54, 1.807) is 0 Å². The predicted molar refractivity (Wildman–Crippen MR) is 67.9 cm³/mol. The minimum absolute atomic E-state index is 0.669. The van der Waals surface area contributed by atoms with Crippen LogP contribution in [0.5, 0.6) is 0 Å². The zero-order chi connectivity index (χ0) is 10.2. The third kappa shape index (κ3) is 4.36. The first-order valence-electron chi connectivity index (χ1n) is 5.81. The highest BCUT2D eigenvalue weighted by Crippen LogP contribution is 2.29. The van der Waals surface area contributed by atoms with E-state index < -0.39 is 0 Å². The van der Waals surface area contributed by atoms with Crippen LogP contribution in [0.15, 0.2) is 24.8 Å². The summed E-state index contributed by atoms with van der Waals surface area (Å²) in [5.74, 6) is 0. The van der Waals surface area contributed by atoms with Crippen LogP contribution in [0.3, 0.4) is 0 Å². The van der Waals surface area contributed by atoms with Gasteiger partial charge in [0.15, 0.2) is 0 Å². The summed E-state index contributed by atoms with van der Waals surface area (Å²) in [6.45, 7) is 6.19. The van der Waals surface area contributed by atoms with Crippen LogP contribution in [0.1, 0.15) is 45.4 Å². The Hall–Kier alpha value is -0.170. The van der Waals surface area contributed by atoms with Crippen LogP contribution < -0.4 is 0 Å². The molecule has 2 unspecified atom stereocenters. The normalized spacial score (nSPS) is 23.4. The van der Waals surface area contributed by atoms with E-state index in [1.807, 2.05) is 0 Å². The Labute approximate surface area is 92.9 Å². The fourth-order valence-corrected chi connectivity index (χ4v) is 3.13. The molecule has 2 atom stereocenters. The molecule has 0 aromatic rings. The molecule has 0 saturated carbocycles. The van der Waals surface area contributed by atoms with Gasteiger partial charge in [-0.15, -0.1) is 18.3 Å². The zero-order valence-corrected chi connectivity index (χ0v) is 10.1. The summed E-state index contributed by atoms with van der Waals surface area (Å²) in [5, 5.41) is 1.42. The largest absolute Gasteiger partial charge is 0.147 e. The van der Waals surface area contributed by atoms with E-state index >= 15 is 0 Å². The lowest BCUT2D eigenvalue weighted by Gasteiger charge is -2.20. The Morgan fingerprint density at radius 2 is 2.50 bits per heavy atom. The van der Waals surface area contributed by atoms with Gasteiger partial charge in [0, 0.05) is 10.5 Å². The first-order valence-corrected chi connectivity index (χ1v) is 6.75. The molecule has 1 aliphatic carbocycles. The van der Waals surface area contributed by atoms with Crippen molar-refractivity contribution in [3.63, 3.8) is 0 Å². The summed E-state index contributed by atoms with van der Waals surface area (Å²) in [6, 6.07) is 0. The maximum absolute atomic E-state index is 3.93. The highest BCUT2D eigenvalue weighted by Gasteiger charge is 2.13. The van der Waals surface area contributed by atoms with Crippen LogP contribution in [-0.2, 0) is 0 Å². The number of thioether (sulfide) groups is 1. The molecule has 0 radical (unpaired) electrons. The van der Waals surface area contributed by atoms with Gasteiger partial charge in [0.2, 0.25) is 0 Å². The summed E-state index contributed by atoms with van der Waals surface area (Å²) >= 11 is 2.10. The number of hydrogen-bond acceptors (Lipinski definition) is 1. The minimum Gasteiger partial charge on any atom is -0.147 e. The minimum atomic E-state index is 0.669. The van der Waals surface area contributed by atoms with E-state index in [-0.39, 0.29) is 0 Å². The van der Waals surface area contributed by atoms with Crippen molar-refractivity contribution < 1.29 is 0 Å². The van der Waals surface area contributed by atoms with Gasteiger partial charge in [-0.3, -0.25) is 0 Å². The predicted octanol–water partition coefficient (Wildman–Crippen LogP) is 4.57. The molecule has 1 rings (SSSR count). The fraction of sp³-hybridized carbons (Fsp3) is 0.692. The topological polar surface area (TPSA) is 0 Å². The zero-order valence-electron chi connectivity index (χ0n) is 9.24. The average Bonchev–Trinajstić information content (AvgIpc) is 2.25. The van der Waals surface area contributed by atoms with Crippen molar-refractivity contribution in [2.24, 2.45) is 0 Å². The number of allylic oxidation sites excluding steroid dienone is 1. The summed E-state index contributed by atoms with van der Waals surface area (Å²) in [7, 11) is 0. The Morgan fingerprint density at radius 3 is 3.07 bits per heavy atom. The molecule has 0 aromatic heterocycles. The SMILES string of the molecule is C=CC(CCCC)SC1C=CCCC1. The lowest BCUT2D eigenvalue weighted by Crippen LogP contribution is -2.09. The molecule has 0 fully saturated rings. The molecular formula is C13H22S. The Kier molecular flexibility index (Phi) is 6.09. The molecular weight excluding hydrogens is 188 g/mol. The van der Waals surface area contributed by atoms with Gasteiger partial charge in [-0.1, -0.05) is 38.0 Å². The molecule has 0 bridgehead atoms. The number of hydrogen-bond donors (Lipinski definition) is 0. The molecule has 1 aliphatic rings. The van der Waals surface area contributed by atoms with Crippen LogP contribution in [-0.4, -0.2) is 10.5 Å². The van der Waals surface area contributed by atoms with E-state index in [9.17, 15) is 0 Å². The van der Waals surface area contributed by atoms with Gasteiger partial charge in [0.25, 0.3) is 0 Å². The van der Waals surface area contributed by atoms with Gasteiger partial charge in [-0.25, -0.2) is 0 Å². The van der Waals surface area contributed by atoms with Gasteiger partial charge >= 0.3 is 0 Å². The van der Waals surface area contributed by atoms with Gasteiger partial charge < -0.3 is 0 Å². The quantitative estimate of drug-likeness (QED) is 0.579. The van der Waals surface area contributed by atoms with Crippen molar-refractivity contribution >= 4 is 11.8 Å².